The van der Waals surface area contributed by atoms with Crippen molar-refractivity contribution in [3.05, 3.63) is 53.0 Å². The largest absolute Gasteiger partial charge is 0.497 e. The highest BCUT2D eigenvalue weighted by Crippen LogP contribution is 2.29. The molecule has 0 spiro atoms. The van der Waals surface area contributed by atoms with Crippen LogP contribution in [0.5, 0.6) is 23.0 Å². The zero-order valence-electron chi connectivity index (χ0n) is 18.1. The maximum Gasteiger partial charge on any atom is 0.257 e. The van der Waals surface area contributed by atoms with E-state index < -0.39 is 0 Å². The molecule has 3 aromatic rings. The smallest absolute Gasteiger partial charge is 0.257 e. The van der Waals surface area contributed by atoms with Gasteiger partial charge in [0.2, 0.25) is 5.91 Å². The second-order valence-corrected chi connectivity index (χ2v) is 7.35. The molecule has 3 rings (SSSR count). The van der Waals surface area contributed by atoms with Crippen molar-refractivity contribution >= 4 is 34.0 Å². The number of anilines is 2. The van der Waals surface area contributed by atoms with E-state index in [1.54, 1.807) is 48.9 Å². The Labute approximate surface area is 189 Å². The van der Waals surface area contributed by atoms with Crippen LogP contribution in [0.2, 0.25) is 0 Å². The number of aromatic nitrogens is 1. The van der Waals surface area contributed by atoms with Crippen LogP contribution in [0, 0.1) is 0 Å². The monoisotopic (exact) mass is 457 g/mol. The van der Waals surface area contributed by atoms with Crippen molar-refractivity contribution in [2.24, 2.45) is 0 Å². The first kappa shape index (κ1) is 22.9. The Morgan fingerprint density at radius 2 is 1.56 bits per heavy atom. The van der Waals surface area contributed by atoms with E-state index in [0.717, 1.165) is 0 Å². The first-order chi connectivity index (χ1) is 15.4. The van der Waals surface area contributed by atoms with Crippen molar-refractivity contribution in [3.63, 3.8) is 0 Å². The van der Waals surface area contributed by atoms with Gasteiger partial charge in [-0.1, -0.05) is 0 Å². The third kappa shape index (κ3) is 5.67. The Morgan fingerprint density at radius 3 is 2.19 bits per heavy atom. The summed E-state index contributed by atoms with van der Waals surface area (Å²) >= 11 is 1.23. The molecule has 0 unspecified atom stereocenters. The van der Waals surface area contributed by atoms with Gasteiger partial charge in [-0.2, -0.15) is 0 Å². The molecule has 0 bridgehead atoms. The zero-order chi connectivity index (χ0) is 23.1. The lowest BCUT2D eigenvalue weighted by molar-refractivity contribution is -0.115. The second-order valence-electron chi connectivity index (χ2n) is 6.49. The standard InChI is InChI=1S/C22H23N3O6S/c1-28-15-5-6-18(19(11-15)31-4)24-20(26)9-14-12-32-22(23-14)25-21(27)13-7-16(29-2)10-17(8-13)30-3/h5-8,10-12H,9H2,1-4H3,(H,24,26)(H,23,25,27). The topological polar surface area (TPSA) is 108 Å². The Morgan fingerprint density at radius 1 is 0.875 bits per heavy atom. The minimum atomic E-state index is -0.365. The van der Waals surface area contributed by atoms with E-state index in [4.69, 9.17) is 18.9 Å². The molecule has 2 N–H and O–H groups in total. The highest BCUT2D eigenvalue weighted by molar-refractivity contribution is 7.14. The van der Waals surface area contributed by atoms with Crippen LogP contribution < -0.4 is 29.6 Å². The van der Waals surface area contributed by atoms with Crippen molar-refractivity contribution < 1.29 is 28.5 Å². The van der Waals surface area contributed by atoms with Gasteiger partial charge in [0.1, 0.15) is 23.0 Å². The van der Waals surface area contributed by atoms with Crippen molar-refractivity contribution in [1.29, 1.82) is 0 Å². The second kappa shape index (κ2) is 10.5. The molecule has 1 aromatic heterocycles. The summed E-state index contributed by atoms with van der Waals surface area (Å²) in [4.78, 5) is 29.4. The molecule has 1 heterocycles. The molecule has 0 saturated heterocycles. The molecule has 0 fully saturated rings. The number of hydrogen-bond donors (Lipinski definition) is 2. The number of thiazole rings is 1. The number of nitrogens with zero attached hydrogens (tertiary/aromatic N) is 1. The number of amides is 2. The maximum absolute atomic E-state index is 12.6. The first-order valence-corrected chi connectivity index (χ1v) is 10.3. The van der Waals surface area contributed by atoms with Crippen molar-refractivity contribution in [1.82, 2.24) is 4.98 Å². The Balaban J connectivity index is 1.64. The molecule has 0 saturated carbocycles. The molecule has 2 aromatic carbocycles. The van der Waals surface area contributed by atoms with E-state index in [2.05, 4.69) is 15.6 Å². The van der Waals surface area contributed by atoms with Crippen LogP contribution >= 0.6 is 11.3 Å². The summed E-state index contributed by atoms with van der Waals surface area (Å²) < 4.78 is 20.8. The summed E-state index contributed by atoms with van der Waals surface area (Å²) in [5.41, 5.74) is 1.41. The number of nitrogens with one attached hydrogen (secondary N) is 2. The van der Waals surface area contributed by atoms with Crippen molar-refractivity contribution in [2.45, 2.75) is 6.42 Å². The number of carbonyl (C=O) groups is 2. The fraction of sp³-hybridized carbons (Fsp3) is 0.227. The average Bonchev–Trinajstić information content (AvgIpc) is 3.25. The molecule has 0 aliphatic heterocycles. The molecule has 168 valence electrons. The van der Waals surface area contributed by atoms with Gasteiger partial charge in [-0.15, -0.1) is 11.3 Å². The molecule has 0 aliphatic rings. The molecule has 2 amide bonds. The summed E-state index contributed by atoms with van der Waals surface area (Å²) in [5.74, 6) is 1.47. The Hall–Kier alpha value is -3.79. The van der Waals surface area contributed by atoms with Crippen molar-refractivity contribution in [3.8, 4) is 23.0 Å². The lowest BCUT2D eigenvalue weighted by atomic mass is 10.2. The Kier molecular flexibility index (Phi) is 7.50. The molecule has 32 heavy (non-hydrogen) atoms. The number of carbonyl (C=O) groups excluding carboxylic acids is 2. The van der Waals surface area contributed by atoms with Crippen LogP contribution in [0.15, 0.2) is 41.8 Å². The number of methoxy groups -OCH3 is 4. The number of hydrogen-bond acceptors (Lipinski definition) is 8. The van der Waals surface area contributed by atoms with Gasteiger partial charge in [-0.05, 0) is 24.3 Å². The van der Waals surface area contributed by atoms with Gasteiger partial charge in [0, 0.05) is 23.1 Å². The number of ether oxygens (including phenoxy) is 4. The third-order valence-electron chi connectivity index (χ3n) is 4.41. The minimum absolute atomic E-state index is 0.0362. The average molecular weight is 458 g/mol. The molecular weight excluding hydrogens is 434 g/mol. The summed E-state index contributed by atoms with van der Waals surface area (Å²) in [6.45, 7) is 0. The lowest BCUT2D eigenvalue weighted by Crippen LogP contribution is -2.16. The highest BCUT2D eigenvalue weighted by atomic mass is 32.1. The van der Waals surface area contributed by atoms with Gasteiger partial charge < -0.3 is 24.3 Å². The normalized spacial score (nSPS) is 10.2. The van der Waals surface area contributed by atoms with E-state index >= 15 is 0 Å². The number of rotatable bonds is 9. The number of benzene rings is 2. The lowest BCUT2D eigenvalue weighted by Gasteiger charge is -2.11. The van der Waals surface area contributed by atoms with Crippen LogP contribution in [0.3, 0.4) is 0 Å². The molecule has 9 nitrogen and oxygen atoms in total. The van der Waals surface area contributed by atoms with Crippen LogP contribution in [0.1, 0.15) is 16.1 Å². The minimum Gasteiger partial charge on any atom is -0.497 e. The van der Waals surface area contributed by atoms with E-state index in [-0.39, 0.29) is 18.2 Å². The molecule has 10 heteroatoms. The fourth-order valence-corrected chi connectivity index (χ4v) is 3.52. The van der Waals surface area contributed by atoms with Gasteiger partial charge in [-0.25, -0.2) is 4.98 Å². The third-order valence-corrected chi connectivity index (χ3v) is 5.22. The molecule has 0 aliphatic carbocycles. The van der Waals surface area contributed by atoms with Gasteiger partial charge in [0.25, 0.3) is 5.91 Å². The van der Waals surface area contributed by atoms with E-state index in [1.165, 1.54) is 32.7 Å². The molecule has 0 radical (unpaired) electrons. The first-order valence-electron chi connectivity index (χ1n) is 9.46. The predicted octanol–water partition coefficient (Wildman–Crippen LogP) is 3.61. The SMILES string of the molecule is COc1cc(OC)cc(C(=O)Nc2nc(CC(=O)Nc3ccc(OC)cc3OC)cs2)c1. The summed E-state index contributed by atoms with van der Waals surface area (Å²) in [6.07, 6.45) is 0.0362. The fourth-order valence-electron chi connectivity index (χ4n) is 2.81. The molecule has 0 atom stereocenters. The Bertz CT molecular complexity index is 1090. The summed E-state index contributed by atoms with van der Waals surface area (Å²) in [6, 6.07) is 9.98. The van der Waals surface area contributed by atoms with Crippen LogP contribution in [-0.2, 0) is 11.2 Å². The quantitative estimate of drug-likeness (QED) is 0.505. The van der Waals surface area contributed by atoms with Crippen LogP contribution in [0.25, 0.3) is 0 Å². The van der Waals surface area contributed by atoms with Gasteiger partial charge in [0.15, 0.2) is 5.13 Å². The van der Waals surface area contributed by atoms with Crippen LogP contribution in [-0.4, -0.2) is 45.2 Å². The predicted molar refractivity (Wildman–Crippen MR) is 121 cm³/mol. The van der Waals surface area contributed by atoms with Gasteiger partial charge in [0.05, 0.1) is 46.2 Å². The van der Waals surface area contributed by atoms with Gasteiger partial charge >= 0.3 is 0 Å². The summed E-state index contributed by atoms with van der Waals surface area (Å²) in [5, 5.41) is 7.61. The molecular formula is C22H23N3O6S. The van der Waals surface area contributed by atoms with Gasteiger partial charge in [-0.3, -0.25) is 14.9 Å². The van der Waals surface area contributed by atoms with E-state index in [9.17, 15) is 9.59 Å². The van der Waals surface area contributed by atoms with Crippen molar-refractivity contribution in [2.75, 3.05) is 39.1 Å². The summed E-state index contributed by atoms with van der Waals surface area (Å²) in [7, 11) is 6.08. The zero-order valence-corrected chi connectivity index (χ0v) is 18.9. The van der Waals surface area contributed by atoms with E-state index in [0.29, 0.717) is 45.1 Å². The maximum atomic E-state index is 12.6. The van der Waals surface area contributed by atoms with Crippen LogP contribution in [0.4, 0.5) is 10.8 Å². The highest BCUT2D eigenvalue weighted by Gasteiger charge is 2.15. The van der Waals surface area contributed by atoms with E-state index in [1.807, 2.05) is 0 Å².